The first-order valence-corrected chi connectivity index (χ1v) is 11.4. The van der Waals surface area contributed by atoms with Crippen LogP contribution in [0.1, 0.15) is 32.8 Å². The summed E-state index contributed by atoms with van der Waals surface area (Å²) < 4.78 is 1.77. The number of nitrogen functional groups attached to an aromatic ring is 1. The molecule has 0 aliphatic heterocycles. The summed E-state index contributed by atoms with van der Waals surface area (Å²) in [6, 6.07) is 14.5. The second-order valence-corrected chi connectivity index (χ2v) is 9.25. The Labute approximate surface area is 198 Å². The molecule has 0 atom stereocenters. The lowest BCUT2D eigenvalue weighted by atomic mass is 9.96. The van der Waals surface area contributed by atoms with Crippen LogP contribution in [0.15, 0.2) is 57.5 Å². The molecule has 2 aromatic carbocycles. The van der Waals surface area contributed by atoms with E-state index in [9.17, 15) is 9.59 Å². The van der Waals surface area contributed by atoms with E-state index in [4.69, 9.17) is 5.73 Å². The zero-order chi connectivity index (χ0) is 22.5. The first kappa shape index (κ1) is 23.2. The number of amides is 1. The van der Waals surface area contributed by atoms with E-state index in [1.54, 1.807) is 24.3 Å². The van der Waals surface area contributed by atoms with Crippen molar-refractivity contribution < 1.29 is 9.59 Å². The zero-order valence-electron chi connectivity index (χ0n) is 17.3. The average molecular weight is 548 g/mol. The lowest BCUT2D eigenvalue weighted by Crippen LogP contribution is -2.27. The van der Waals surface area contributed by atoms with Crippen LogP contribution in [0.25, 0.3) is 11.1 Å². The minimum atomic E-state index is -0.305. The average Bonchev–Trinajstić information content (AvgIpc) is 3.08. The fourth-order valence-electron chi connectivity index (χ4n) is 3.26. The Morgan fingerprint density at radius 3 is 2.16 bits per heavy atom. The summed E-state index contributed by atoms with van der Waals surface area (Å²) in [5.74, 6) is -0.368. The molecule has 3 rings (SSSR count). The van der Waals surface area contributed by atoms with Gasteiger partial charge in [0.15, 0.2) is 0 Å². The molecule has 0 fully saturated rings. The monoisotopic (exact) mass is 546 g/mol. The number of anilines is 1. The van der Waals surface area contributed by atoms with Gasteiger partial charge in [-0.05, 0) is 69.0 Å². The van der Waals surface area contributed by atoms with Gasteiger partial charge >= 0.3 is 0 Å². The van der Waals surface area contributed by atoms with Crippen LogP contribution in [0.5, 0.6) is 0 Å². The van der Waals surface area contributed by atoms with Crippen LogP contribution in [0.3, 0.4) is 0 Å². The largest absolute Gasteiger partial charge is 0.385 e. The molecule has 1 amide bonds. The van der Waals surface area contributed by atoms with Crippen LogP contribution in [-0.2, 0) is 0 Å². The number of benzene rings is 2. The molecule has 0 saturated carbocycles. The summed E-state index contributed by atoms with van der Waals surface area (Å²) in [6.07, 6.45) is 0.807. The number of nitrogens with one attached hydrogen (secondary N) is 2. The van der Waals surface area contributed by atoms with Crippen LogP contribution >= 0.6 is 31.9 Å². The number of rotatable bonds is 8. The Morgan fingerprint density at radius 2 is 1.58 bits per heavy atom. The van der Waals surface area contributed by atoms with Crippen LogP contribution in [0, 0.1) is 0 Å². The number of nitrogens with two attached hydrogens (primary N) is 1. The first-order chi connectivity index (χ1) is 14.8. The molecule has 162 valence electrons. The maximum Gasteiger partial charge on any atom is 0.255 e. The molecule has 3 aromatic rings. The van der Waals surface area contributed by atoms with Gasteiger partial charge < -0.3 is 20.9 Å². The third-order valence-corrected chi connectivity index (χ3v) is 5.85. The summed E-state index contributed by atoms with van der Waals surface area (Å²) >= 11 is 6.81. The number of hydrogen-bond donors (Lipinski definition) is 3. The van der Waals surface area contributed by atoms with Gasteiger partial charge in [0.25, 0.3) is 5.91 Å². The van der Waals surface area contributed by atoms with Crippen molar-refractivity contribution in [2.45, 2.75) is 6.42 Å². The molecular formula is C23H24Br2N4O2. The fraction of sp³-hybridized carbons (Fsp3) is 0.217. The highest BCUT2D eigenvalue weighted by atomic mass is 79.9. The van der Waals surface area contributed by atoms with Gasteiger partial charge in [-0.1, -0.05) is 44.0 Å². The molecule has 1 aromatic heterocycles. The SMILES string of the molecule is CN(C)CCCNC(=O)c1c(N)[nH]c(C(=O)c2ccc(Br)cc2)c1-c1ccc(Br)cc1. The lowest BCUT2D eigenvalue weighted by Gasteiger charge is -2.11. The summed E-state index contributed by atoms with van der Waals surface area (Å²) in [5.41, 5.74) is 8.52. The zero-order valence-corrected chi connectivity index (χ0v) is 20.5. The molecule has 8 heteroatoms. The van der Waals surface area contributed by atoms with Gasteiger partial charge in [0.05, 0.1) is 11.3 Å². The predicted molar refractivity (Wildman–Crippen MR) is 131 cm³/mol. The molecule has 0 aliphatic carbocycles. The maximum atomic E-state index is 13.3. The molecule has 0 radical (unpaired) electrons. The molecule has 1 heterocycles. The molecule has 0 saturated heterocycles. The third kappa shape index (κ3) is 5.64. The number of ketones is 1. The van der Waals surface area contributed by atoms with Gasteiger partial charge in [0, 0.05) is 26.6 Å². The highest BCUT2D eigenvalue weighted by Gasteiger charge is 2.27. The Balaban J connectivity index is 2.02. The highest BCUT2D eigenvalue weighted by molar-refractivity contribution is 9.10. The minimum absolute atomic E-state index is 0.170. The van der Waals surface area contributed by atoms with Crippen LogP contribution in [-0.4, -0.2) is 48.8 Å². The predicted octanol–water partition coefficient (Wildman–Crippen LogP) is 4.70. The summed E-state index contributed by atoms with van der Waals surface area (Å²) in [7, 11) is 3.97. The van der Waals surface area contributed by atoms with Crippen molar-refractivity contribution in [3.8, 4) is 11.1 Å². The van der Waals surface area contributed by atoms with E-state index in [0.29, 0.717) is 23.4 Å². The molecule has 0 spiro atoms. The number of aromatic amines is 1. The topological polar surface area (TPSA) is 91.2 Å². The third-order valence-electron chi connectivity index (χ3n) is 4.79. The molecule has 6 nitrogen and oxygen atoms in total. The van der Waals surface area contributed by atoms with E-state index in [1.807, 2.05) is 38.4 Å². The molecule has 0 unspecified atom stereocenters. The number of carbonyl (C=O) groups is 2. The van der Waals surface area contributed by atoms with Crippen molar-refractivity contribution in [2.75, 3.05) is 32.9 Å². The number of carbonyl (C=O) groups excluding carboxylic acids is 2. The van der Waals surface area contributed by atoms with Gasteiger partial charge in [0.2, 0.25) is 5.78 Å². The Kier molecular flexibility index (Phi) is 7.69. The van der Waals surface area contributed by atoms with Crippen molar-refractivity contribution in [1.29, 1.82) is 0 Å². The standard InChI is InChI=1S/C23H24Br2N4O2/c1-29(2)13-3-12-27-23(31)19-18(14-4-8-16(24)9-5-14)20(28-22(19)26)21(30)15-6-10-17(25)11-7-15/h4-11,28H,3,12-13,26H2,1-2H3,(H,27,31). The van der Waals surface area contributed by atoms with Crippen LogP contribution < -0.4 is 11.1 Å². The number of hydrogen-bond acceptors (Lipinski definition) is 4. The van der Waals surface area contributed by atoms with E-state index in [0.717, 1.165) is 27.5 Å². The van der Waals surface area contributed by atoms with E-state index in [-0.39, 0.29) is 23.1 Å². The van der Waals surface area contributed by atoms with E-state index >= 15 is 0 Å². The van der Waals surface area contributed by atoms with E-state index in [2.05, 4.69) is 47.1 Å². The van der Waals surface area contributed by atoms with Crippen molar-refractivity contribution >= 4 is 49.4 Å². The van der Waals surface area contributed by atoms with Crippen molar-refractivity contribution in [1.82, 2.24) is 15.2 Å². The van der Waals surface area contributed by atoms with Crippen molar-refractivity contribution in [3.63, 3.8) is 0 Å². The van der Waals surface area contributed by atoms with E-state index < -0.39 is 0 Å². The lowest BCUT2D eigenvalue weighted by molar-refractivity contribution is 0.0953. The van der Waals surface area contributed by atoms with Crippen molar-refractivity contribution in [3.05, 3.63) is 74.3 Å². The number of nitrogens with zero attached hydrogens (tertiary/aromatic N) is 1. The van der Waals surface area contributed by atoms with Gasteiger partial charge in [-0.2, -0.15) is 0 Å². The molecule has 0 aliphatic rings. The molecular weight excluding hydrogens is 524 g/mol. The molecule has 31 heavy (non-hydrogen) atoms. The summed E-state index contributed by atoms with van der Waals surface area (Å²) in [5, 5.41) is 2.92. The van der Waals surface area contributed by atoms with Crippen molar-refractivity contribution in [2.24, 2.45) is 0 Å². The highest BCUT2D eigenvalue weighted by Crippen LogP contribution is 2.34. The Bertz CT molecular complexity index is 1070. The van der Waals surface area contributed by atoms with Gasteiger partial charge in [-0.15, -0.1) is 0 Å². The normalized spacial score (nSPS) is 11.0. The van der Waals surface area contributed by atoms with Gasteiger partial charge in [-0.25, -0.2) is 0 Å². The smallest absolute Gasteiger partial charge is 0.255 e. The second-order valence-electron chi connectivity index (χ2n) is 7.42. The first-order valence-electron chi connectivity index (χ1n) is 9.78. The number of aromatic nitrogens is 1. The molecule has 4 N–H and O–H groups in total. The Morgan fingerprint density at radius 1 is 1.00 bits per heavy atom. The molecule has 0 bridgehead atoms. The second kappa shape index (κ2) is 10.3. The van der Waals surface area contributed by atoms with Gasteiger partial charge in [0.1, 0.15) is 5.82 Å². The number of halogens is 2. The van der Waals surface area contributed by atoms with Gasteiger partial charge in [-0.3, -0.25) is 9.59 Å². The maximum absolute atomic E-state index is 13.3. The summed E-state index contributed by atoms with van der Waals surface area (Å²) in [4.78, 5) is 31.3. The Hall–Kier alpha value is -2.42. The van der Waals surface area contributed by atoms with Crippen LogP contribution in [0.4, 0.5) is 5.82 Å². The minimum Gasteiger partial charge on any atom is -0.385 e. The van der Waals surface area contributed by atoms with E-state index in [1.165, 1.54) is 0 Å². The van der Waals surface area contributed by atoms with Crippen LogP contribution in [0.2, 0.25) is 0 Å². The fourth-order valence-corrected chi connectivity index (χ4v) is 3.79. The quantitative estimate of drug-likeness (QED) is 0.281. The summed E-state index contributed by atoms with van der Waals surface area (Å²) in [6.45, 7) is 1.37. The number of H-pyrrole nitrogens is 1.